The SMILES string of the molecule is C[C@@H]1OC(CO)[C@H](OC2OC(CO)[C@H](O)[C@H](O)C2O)[C@H](O)C1O. The molecule has 0 aromatic rings. The van der Waals surface area contributed by atoms with Crippen LogP contribution >= 0.6 is 0 Å². The van der Waals surface area contributed by atoms with Crippen LogP contribution in [0.25, 0.3) is 0 Å². The fraction of sp³-hybridized carbons (Fsp3) is 1.00. The van der Waals surface area contributed by atoms with E-state index < -0.39 is 74.4 Å². The molecule has 2 aliphatic rings. The number of hydrogen-bond acceptors (Lipinski definition) is 10. The molecule has 0 radical (unpaired) electrons. The lowest BCUT2D eigenvalue weighted by molar-refractivity contribution is -0.341. The summed E-state index contributed by atoms with van der Waals surface area (Å²) in [5.41, 5.74) is 0. The molecular weight excluding hydrogens is 316 g/mol. The Bertz CT molecular complexity index is 378. The van der Waals surface area contributed by atoms with Gasteiger partial charge in [0.25, 0.3) is 0 Å². The summed E-state index contributed by atoms with van der Waals surface area (Å²) in [7, 11) is 0. The second-order valence-corrected chi connectivity index (χ2v) is 5.84. The highest BCUT2D eigenvalue weighted by Gasteiger charge is 2.49. The predicted molar refractivity (Wildman–Crippen MR) is 72.1 cm³/mol. The zero-order valence-corrected chi connectivity index (χ0v) is 12.5. The highest BCUT2D eigenvalue weighted by Crippen LogP contribution is 2.28. The van der Waals surface area contributed by atoms with E-state index in [0.29, 0.717) is 0 Å². The third-order valence-corrected chi connectivity index (χ3v) is 4.24. The quantitative estimate of drug-likeness (QED) is 0.265. The van der Waals surface area contributed by atoms with Gasteiger partial charge >= 0.3 is 0 Å². The molecule has 5 unspecified atom stereocenters. The van der Waals surface area contributed by atoms with E-state index in [9.17, 15) is 30.6 Å². The Labute approximate surface area is 132 Å². The summed E-state index contributed by atoms with van der Waals surface area (Å²) >= 11 is 0. The first-order valence-corrected chi connectivity index (χ1v) is 7.40. The molecule has 0 saturated carbocycles. The fourth-order valence-corrected chi connectivity index (χ4v) is 2.78. The third kappa shape index (κ3) is 3.66. The molecule has 10 atom stereocenters. The van der Waals surface area contributed by atoms with Gasteiger partial charge in [-0.15, -0.1) is 0 Å². The van der Waals surface area contributed by atoms with Gasteiger partial charge < -0.3 is 50.0 Å². The zero-order valence-electron chi connectivity index (χ0n) is 12.5. The van der Waals surface area contributed by atoms with Gasteiger partial charge in [-0.2, -0.15) is 0 Å². The Morgan fingerprint density at radius 3 is 1.91 bits per heavy atom. The summed E-state index contributed by atoms with van der Waals surface area (Å²) in [6.07, 6.45) is -13.2. The molecule has 2 rings (SSSR count). The van der Waals surface area contributed by atoms with Gasteiger partial charge in [-0.05, 0) is 6.92 Å². The van der Waals surface area contributed by atoms with Crippen molar-refractivity contribution in [3.05, 3.63) is 0 Å². The fourth-order valence-electron chi connectivity index (χ4n) is 2.78. The molecule has 10 heteroatoms. The monoisotopic (exact) mass is 340 g/mol. The van der Waals surface area contributed by atoms with Crippen molar-refractivity contribution in [1.82, 2.24) is 0 Å². The predicted octanol–water partition coefficient (Wildman–Crippen LogP) is -4.33. The molecule has 0 aromatic carbocycles. The van der Waals surface area contributed by atoms with Crippen LogP contribution in [0.3, 0.4) is 0 Å². The van der Waals surface area contributed by atoms with Crippen LogP contribution in [0.1, 0.15) is 6.92 Å². The van der Waals surface area contributed by atoms with Crippen LogP contribution in [0, 0.1) is 0 Å². The van der Waals surface area contributed by atoms with Crippen molar-refractivity contribution >= 4 is 0 Å². The molecule has 7 N–H and O–H groups in total. The van der Waals surface area contributed by atoms with Crippen molar-refractivity contribution in [2.75, 3.05) is 13.2 Å². The van der Waals surface area contributed by atoms with Crippen molar-refractivity contribution in [2.24, 2.45) is 0 Å². The Kier molecular flexibility index (Phi) is 6.30. The lowest BCUT2D eigenvalue weighted by atomic mass is 9.95. The van der Waals surface area contributed by atoms with Gasteiger partial charge in [0.15, 0.2) is 6.29 Å². The minimum Gasteiger partial charge on any atom is -0.394 e. The Morgan fingerprint density at radius 1 is 0.739 bits per heavy atom. The van der Waals surface area contributed by atoms with Gasteiger partial charge in [0.2, 0.25) is 0 Å². The molecule has 2 heterocycles. The summed E-state index contributed by atoms with van der Waals surface area (Å²) in [4.78, 5) is 0. The van der Waals surface area contributed by atoms with Crippen molar-refractivity contribution < 1.29 is 50.0 Å². The molecule has 23 heavy (non-hydrogen) atoms. The number of rotatable bonds is 4. The maximum absolute atomic E-state index is 10.1. The van der Waals surface area contributed by atoms with E-state index in [1.165, 1.54) is 6.92 Å². The number of ether oxygens (including phenoxy) is 3. The molecule has 2 saturated heterocycles. The highest BCUT2D eigenvalue weighted by atomic mass is 16.7. The van der Waals surface area contributed by atoms with Crippen LogP contribution in [0.15, 0.2) is 0 Å². The van der Waals surface area contributed by atoms with E-state index in [2.05, 4.69) is 0 Å². The number of hydrogen-bond donors (Lipinski definition) is 7. The lowest BCUT2D eigenvalue weighted by Gasteiger charge is -2.45. The first-order chi connectivity index (χ1) is 10.8. The molecule has 136 valence electrons. The topological polar surface area (TPSA) is 169 Å². The summed E-state index contributed by atoms with van der Waals surface area (Å²) in [5.74, 6) is 0. The third-order valence-electron chi connectivity index (χ3n) is 4.24. The van der Waals surface area contributed by atoms with Gasteiger partial charge in [-0.25, -0.2) is 0 Å². The maximum Gasteiger partial charge on any atom is 0.187 e. The summed E-state index contributed by atoms with van der Waals surface area (Å²) < 4.78 is 15.9. The van der Waals surface area contributed by atoms with E-state index in [-0.39, 0.29) is 0 Å². The van der Waals surface area contributed by atoms with E-state index in [1.807, 2.05) is 0 Å². The Morgan fingerprint density at radius 2 is 1.35 bits per heavy atom. The molecular formula is C13H24O10. The summed E-state index contributed by atoms with van der Waals surface area (Å²) in [6, 6.07) is 0. The van der Waals surface area contributed by atoms with Gasteiger partial charge in [0.1, 0.15) is 48.8 Å². The largest absolute Gasteiger partial charge is 0.394 e. The number of aliphatic hydroxyl groups is 7. The summed E-state index contributed by atoms with van der Waals surface area (Å²) in [5, 5.41) is 67.8. The second-order valence-electron chi connectivity index (χ2n) is 5.84. The van der Waals surface area contributed by atoms with E-state index in [4.69, 9.17) is 19.3 Å². The van der Waals surface area contributed by atoms with Crippen LogP contribution in [0.5, 0.6) is 0 Å². The van der Waals surface area contributed by atoms with Gasteiger partial charge in [-0.3, -0.25) is 0 Å². The highest BCUT2D eigenvalue weighted by molar-refractivity contribution is 4.94. The first kappa shape index (κ1) is 18.9. The molecule has 10 nitrogen and oxygen atoms in total. The smallest absolute Gasteiger partial charge is 0.187 e. The normalized spacial score (nSPS) is 51.7. The average Bonchev–Trinajstić information content (AvgIpc) is 2.55. The lowest BCUT2D eigenvalue weighted by Crippen LogP contribution is -2.64. The van der Waals surface area contributed by atoms with Gasteiger partial charge in [0.05, 0.1) is 19.3 Å². The van der Waals surface area contributed by atoms with Crippen LogP contribution in [0.4, 0.5) is 0 Å². The molecule has 0 bridgehead atoms. The van der Waals surface area contributed by atoms with E-state index in [0.717, 1.165) is 0 Å². The first-order valence-electron chi connectivity index (χ1n) is 7.40. The van der Waals surface area contributed by atoms with Crippen molar-refractivity contribution in [1.29, 1.82) is 0 Å². The maximum atomic E-state index is 10.1. The van der Waals surface area contributed by atoms with Crippen LogP contribution in [-0.2, 0) is 14.2 Å². The number of aliphatic hydroxyl groups excluding tert-OH is 7. The minimum absolute atomic E-state index is 0.518. The standard InChI is InChI=1S/C13H24O10/c1-4-7(16)10(19)12(6(3-15)21-4)23-13-11(20)9(18)8(17)5(2-14)22-13/h4-20H,2-3H2,1H3/t4-,5?,6?,7?,8-,9-,10+,11?,12-,13?/m0/s1. The van der Waals surface area contributed by atoms with Crippen LogP contribution < -0.4 is 0 Å². The van der Waals surface area contributed by atoms with E-state index >= 15 is 0 Å². The molecule has 2 aliphatic heterocycles. The second kappa shape index (κ2) is 7.66. The minimum atomic E-state index is -1.66. The van der Waals surface area contributed by atoms with Gasteiger partial charge in [0, 0.05) is 0 Å². The molecule has 0 aromatic heterocycles. The molecule has 0 spiro atoms. The zero-order chi connectivity index (χ0) is 17.3. The van der Waals surface area contributed by atoms with Crippen LogP contribution in [0.2, 0.25) is 0 Å². The van der Waals surface area contributed by atoms with Crippen LogP contribution in [-0.4, -0.2) is 110 Å². The van der Waals surface area contributed by atoms with Gasteiger partial charge in [-0.1, -0.05) is 0 Å². The molecule has 0 aliphatic carbocycles. The van der Waals surface area contributed by atoms with Crippen molar-refractivity contribution in [3.63, 3.8) is 0 Å². The van der Waals surface area contributed by atoms with E-state index in [1.54, 1.807) is 0 Å². The average molecular weight is 340 g/mol. The molecule has 2 fully saturated rings. The Balaban J connectivity index is 2.11. The van der Waals surface area contributed by atoms with Crippen molar-refractivity contribution in [2.45, 2.75) is 68.1 Å². The van der Waals surface area contributed by atoms with Crippen molar-refractivity contribution in [3.8, 4) is 0 Å². The molecule has 0 amide bonds. The summed E-state index contributed by atoms with van der Waals surface area (Å²) in [6.45, 7) is 0.369. The Hall–Kier alpha value is -0.400.